The van der Waals surface area contributed by atoms with Crippen LogP contribution in [0.25, 0.3) is 0 Å². The molecule has 0 heterocycles. The number of carbonyl (C=O) groups is 1. The zero-order valence-corrected chi connectivity index (χ0v) is 36.4. The van der Waals surface area contributed by atoms with Gasteiger partial charge in [-0.1, -0.05) is 65.3 Å². The Kier molecular flexibility index (Phi) is 12.2. The average molecular weight is 786 g/mol. The molecule has 6 aliphatic rings. The van der Waals surface area contributed by atoms with Crippen LogP contribution in [0, 0.1) is 51.2 Å². The molecule has 3 N–H and O–H groups in total. The predicted molar refractivity (Wildman–Crippen MR) is 222 cm³/mol. The molecule has 5 fully saturated rings. The van der Waals surface area contributed by atoms with Crippen LogP contribution in [0.2, 0.25) is 0 Å². The molecule has 5 saturated carbocycles. The van der Waals surface area contributed by atoms with E-state index in [9.17, 15) is 27.8 Å². The van der Waals surface area contributed by atoms with Gasteiger partial charge in [-0.15, -0.1) is 0 Å². The Bertz CT molecular complexity index is 1630. The van der Waals surface area contributed by atoms with Gasteiger partial charge in [-0.3, -0.25) is 4.79 Å². The summed E-state index contributed by atoms with van der Waals surface area (Å²) in [5, 5.41) is 25.2. The molecule has 0 aromatic rings. The Morgan fingerprint density at radius 3 is 2.31 bits per heavy atom. The van der Waals surface area contributed by atoms with Crippen molar-refractivity contribution in [3.8, 4) is 0 Å². The minimum Gasteiger partial charge on any atom is -0.481 e. The van der Waals surface area contributed by atoms with Crippen LogP contribution in [0.3, 0.4) is 0 Å². The van der Waals surface area contributed by atoms with Crippen molar-refractivity contribution >= 4 is 15.8 Å². The third kappa shape index (κ3) is 7.62. The molecule has 0 aromatic heterocycles. The molecule has 9 atom stereocenters. The summed E-state index contributed by atoms with van der Waals surface area (Å²) in [4.78, 5) is 12.1. The standard InChI is InChI=1S/C47H76FNO5S/c1-9-10-11-38(33-14-21-45(31-48,22-15-33)41(50)51)42(4,5)34-16-20-43(6)35(30-34)12-13-39-40-37(32(2)3)19-25-47(40,27-26-44(39,43)7)49-29-28-46(52)23-17-36(18-24-46)55(8,53)54/h11,14,34-37,39-40,49,52H,2,9-10,12-13,15-31H2,1,3-8H3,(H,50,51)/b38-11-/t34-,35-,36?,37+,39-,40-,43-,44-,45+,46?,47+/m1/s1. The van der Waals surface area contributed by atoms with Crippen LogP contribution in [0.5, 0.6) is 0 Å². The number of allylic oxidation sites excluding steroid dienone is 5. The number of sulfone groups is 1. The molecule has 6 rings (SSSR count). The fourth-order valence-corrected chi connectivity index (χ4v) is 15.1. The highest BCUT2D eigenvalue weighted by Gasteiger charge is 2.67. The molecular weight excluding hydrogens is 710 g/mol. The van der Waals surface area contributed by atoms with Gasteiger partial charge in [0.05, 0.1) is 16.3 Å². The maximum Gasteiger partial charge on any atom is 0.312 e. The van der Waals surface area contributed by atoms with Crippen LogP contribution in [-0.2, 0) is 14.6 Å². The molecule has 0 unspecified atom stereocenters. The second kappa shape index (κ2) is 15.6. The summed E-state index contributed by atoms with van der Waals surface area (Å²) in [6, 6.07) is 0. The van der Waals surface area contributed by atoms with Crippen molar-refractivity contribution in [1.82, 2.24) is 5.32 Å². The molecule has 0 spiro atoms. The van der Waals surface area contributed by atoms with Crippen LogP contribution in [0.1, 0.15) is 164 Å². The van der Waals surface area contributed by atoms with Gasteiger partial charge in [-0.25, -0.2) is 12.8 Å². The monoisotopic (exact) mass is 786 g/mol. The number of halogens is 1. The van der Waals surface area contributed by atoms with Gasteiger partial charge >= 0.3 is 5.97 Å². The molecular formula is C47H76FNO5S. The van der Waals surface area contributed by atoms with E-state index in [4.69, 9.17) is 0 Å². The van der Waals surface area contributed by atoms with E-state index in [0.717, 1.165) is 32.2 Å². The number of aliphatic carboxylic acids is 1. The van der Waals surface area contributed by atoms with Crippen LogP contribution in [0.15, 0.2) is 35.5 Å². The number of fused-ring (bicyclic) bond motifs is 5. The first kappa shape index (κ1) is 43.1. The van der Waals surface area contributed by atoms with Gasteiger partial charge in [0.1, 0.15) is 16.5 Å². The van der Waals surface area contributed by atoms with E-state index in [1.165, 1.54) is 67.9 Å². The largest absolute Gasteiger partial charge is 0.481 e. The number of hydrogen-bond donors (Lipinski definition) is 3. The van der Waals surface area contributed by atoms with Crippen molar-refractivity contribution in [2.45, 2.75) is 180 Å². The number of hydrogen-bond acceptors (Lipinski definition) is 5. The molecule has 0 aliphatic heterocycles. The van der Waals surface area contributed by atoms with Gasteiger partial charge in [-0.05, 0) is 186 Å². The van der Waals surface area contributed by atoms with E-state index in [1.54, 1.807) is 0 Å². The second-order valence-corrected chi connectivity index (χ2v) is 23.4. The first-order chi connectivity index (χ1) is 25.7. The highest BCUT2D eigenvalue weighted by molar-refractivity contribution is 7.91. The normalized spacial score (nSPS) is 42.5. The lowest BCUT2D eigenvalue weighted by atomic mass is 9.38. The number of carboxylic acids is 1. The van der Waals surface area contributed by atoms with Crippen LogP contribution < -0.4 is 5.32 Å². The highest BCUT2D eigenvalue weighted by Crippen LogP contribution is 2.72. The maximum absolute atomic E-state index is 14.1. The Hall–Kier alpha value is -1.51. The van der Waals surface area contributed by atoms with Crippen LogP contribution in [0.4, 0.5) is 4.39 Å². The lowest BCUT2D eigenvalue weighted by molar-refractivity contribution is -0.176. The second-order valence-electron chi connectivity index (χ2n) is 21.1. The van der Waals surface area contributed by atoms with Gasteiger partial charge in [0, 0.05) is 11.8 Å². The average Bonchev–Trinajstić information content (AvgIpc) is 3.51. The molecule has 0 aromatic carbocycles. The summed E-state index contributed by atoms with van der Waals surface area (Å²) in [6.45, 7) is 19.2. The first-order valence-electron chi connectivity index (χ1n) is 22.2. The summed E-state index contributed by atoms with van der Waals surface area (Å²) in [7, 11) is -3.07. The lowest BCUT2D eigenvalue weighted by Gasteiger charge is -2.68. The Balaban J connectivity index is 1.18. The van der Waals surface area contributed by atoms with Gasteiger partial charge in [-0.2, -0.15) is 0 Å². The van der Waals surface area contributed by atoms with Crippen molar-refractivity contribution in [1.29, 1.82) is 0 Å². The van der Waals surface area contributed by atoms with E-state index in [1.807, 2.05) is 0 Å². The summed E-state index contributed by atoms with van der Waals surface area (Å²) >= 11 is 0. The summed E-state index contributed by atoms with van der Waals surface area (Å²) in [6.07, 6.45) is 23.0. The minimum atomic E-state index is -3.07. The minimum absolute atomic E-state index is 0.0464. The molecule has 6 nitrogen and oxygen atoms in total. The topological polar surface area (TPSA) is 104 Å². The summed E-state index contributed by atoms with van der Waals surface area (Å²) < 4.78 is 38.4. The number of unbranched alkanes of at least 4 members (excludes halogenated alkanes) is 1. The van der Waals surface area contributed by atoms with Gasteiger partial charge in [0.15, 0.2) is 0 Å². The van der Waals surface area contributed by atoms with Crippen molar-refractivity contribution < 1.29 is 27.8 Å². The molecule has 0 saturated heterocycles. The van der Waals surface area contributed by atoms with Gasteiger partial charge < -0.3 is 15.5 Å². The smallest absolute Gasteiger partial charge is 0.312 e. The fraction of sp³-hybridized carbons (Fsp3) is 0.851. The molecule has 6 aliphatic carbocycles. The Morgan fingerprint density at radius 1 is 1.02 bits per heavy atom. The van der Waals surface area contributed by atoms with Crippen LogP contribution in [-0.4, -0.2) is 60.5 Å². The summed E-state index contributed by atoms with van der Waals surface area (Å²) in [5.74, 6) is 1.86. The van der Waals surface area contributed by atoms with Crippen molar-refractivity contribution in [3.63, 3.8) is 0 Å². The van der Waals surface area contributed by atoms with E-state index in [2.05, 4.69) is 65.6 Å². The summed E-state index contributed by atoms with van der Waals surface area (Å²) in [5.41, 5.74) is 2.40. The zero-order chi connectivity index (χ0) is 40.2. The quantitative estimate of drug-likeness (QED) is 0.161. The van der Waals surface area contributed by atoms with E-state index >= 15 is 0 Å². The lowest BCUT2D eigenvalue weighted by Crippen LogP contribution is -2.65. The van der Waals surface area contributed by atoms with Crippen LogP contribution >= 0.6 is 0 Å². The van der Waals surface area contributed by atoms with Crippen molar-refractivity contribution in [3.05, 3.63) is 35.5 Å². The molecule has 0 amide bonds. The fourth-order valence-electron chi connectivity index (χ4n) is 14.0. The van der Waals surface area contributed by atoms with E-state index < -0.39 is 33.5 Å². The van der Waals surface area contributed by atoms with E-state index in [-0.39, 0.29) is 33.5 Å². The predicted octanol–water partition coefficient (Wildman–Crippen LogP) is 10.6. The zero-order valence-electron chi connectivity index (χ0n) is 35.6. The Labute approximate surface area is 334 Å². The third-order valence-electron chi connectivity index (χ3n) is 18.1. The number of rotatable bonds is 13. The molecule has 0 radical (unpaired) electrons. The maximum atomic E-state index is 14.1. The van der Waals surface area contributed by atoms with Crippen molar-refractivity contribution in [2.24, 2.45) is 51.2 Å². The first-order valence-corrected chi connectivity index (χ1v) is 24.2. The number of alkyl halides is 1. The van der Waals surface area contributed by atoms with Gasteiger partial charge in [0.25, 0.3) is 0 Å². The Morgan fingerprint density at radius 2 is 1.73 bits per heavy atom. The SMILES string of the molecule is C=C(C)[C@@H]1CC[C@]2(NCCC3(O)CCC(S(C)(=O)=O)CC3)CC[C@]3(C)[C@H](CC[C@@H]4C[C@H](C(C)(C)/C(=C\CCC)C5=CC[C@](CF)(C(=O)O)CC5)CC[C@]43C)[C@@H]12. The van der Waals surface area contributed by atoms with Gasteiger partial charge in [0.2, 0.25) is 0 Å². The highest BCUT2D eigenvalue weighted by atomic mass is 32.2. The molecule has 55 heavy (non-hydrogen) atoms. The molecule has 312 valence electrons. The van der Waals surface area contributed by atoms with E-state index in [0.29, 0.717) is 74.5 Å². The molecule has 8 heteroatoms. The number of carboxylic acid groups (broad SMARTS) is 1. The van der Waals surface area contributed by atoms with Crippen molar-refractivity contribution in [2.75, 3.05) is 19.5 Å². The number of aliphatic hydroxyl groups is 1. The number of nitrogens with one attached hydrogen (secondary N) is 1. The third-order valence-corrected chi connectivity index (χ3v) is 19.8. The molecule has 0 bridgehead atoms.